The molecule has 0 aromatic heterocycles. The second kappa shape index (κ2) is 4.94. The van der Waals surface area contributed by atoms with Gasteiger partial charge in [0.1, 0.15) is 0 Å². The summed E-state index contributed by atoms with van der Waals surface area (Å²) in [6.45, 7) is 0. The van der Waals surface area contributed by atoms with Gasteiger partial charge in [-0.3, -0.25) is 4.79 Å². The molecule has 12 heavy (non-hydrogen) atoms. The van der Waals surface area contributed by atoms with E-state index in [9.17, 15) is 4.79 Å². The molecule has 3 nitrogen and oxygen atoms in total. The van der Waals surface area contributed by atoms with E-state index in [4.69, 9.17) is 10.8 Å². The number of rotatable bonds is 1. The summed E-state index contributed by atoms with van der Waals surface area (Å²) in [6.07, 6.45) is 2.11. The lowest BCUT2D eigenvalue weighted by Crippen LogP contribution is -2.39. The molecular weight excluding hydrogens is 198 g/mol. The maximum atomic E-state index is 10.5. The lowest BCUT2D eigenvalue weighted by atomic mass is 9.86. The molecule has 0 saturated heterocycles. The zero-order valence-corrected chi connectivity index (χ0v) is 8.35. The second-order valence-electron chi connectivity index (χ2n) is 3.08. The van der Waals surface area contributed by atoms with Crippen LogP contribution in [0.1, 0.15) is 19.3 Å². The largest absolute Gasteiger partial charge is 0.481 e. The third kappa shape index (κ3) is 2.84. The van der Waals surface area contributed by atoms with Crippen LogP contribution < -0.4 is 5.73 Å². The second-order valence-corrected chi connectivity index (χ2v) is 3.74. The Bertz CT molecular complexity index is 167. The van der Waals surface area contributed by atoms with Crippen molar-refractivity contribution >= 4 is 31.0 Å². The van der Waals surface area contributed by atoms with Crippen LogP contribution in [-0.2, 0) is 4.79 Å². The van der Waals surface area contributed by atoms with Gasteiger partial charge < -0.3 is 10.8 Å². The number of hydrogen-bond acceptors (Lipinski definition) is 3. The van der Waals surface area contributed by atoms with Gasteiger partial charge in [0.2, 0.25) is 0 Å². The first-order valence-electron chi connectivity index (χ1n) is 3.77. The standard InChI is InChI=1S/C7H13NO2S.ClH/c8-5-3-4(7(9)10)1-2-6(5)11;/h4-6,11H,1-3,8H2,(H,9,10);1H. The average molecular weight is 212 g/mol. The third-order valence-electron chi connectivity index (χ3n) is 2.21. The Morgan fingerprint density at radius 1 is 1.50 bits per heavy atom. The molecule has 5 heteroatoms. The van der Waals surface area contributed by atoms with Gasteiger partial charge in [-0.15, -0.1) is 12.4 Å². The predicted molar refractivity (Wildman–Crippen MR) is 53.0 cm³/mol. The molecule has 1 saturated carbocycles. The van der Waals surface area contributed by atoms with Crippen LogP contribution in [0.3, 0.4) is 0 Å². The fraction of sp³-hybridized carbons (Fsp3) is 0.857. The number of carboxylic acids is 1. The van der Waals surface area contributed by atoms with Gasteiger partial charge in [0.05, 0.1) is 5.92 Å². The van der Waals surface area contributed by atoms with Crippen molar-refractivity contribution in [2.45, 2.75) is 30.6 Å². The van der Waals surface area contributed by atoms with E-state index in [0.717, 1.165) is 12.8 Å². The van der Waals surface area contributed by atoms with E-state index in [1.54, 1.807) is 0 Å². The Hall–Kier alpha value is 0.0700. The Labute approximate surface area is 83.5 Å². The summed E-state index contributed by atoms with van der Waals surface area (Å²) in [5.74, 6) is -0.964. The maximum absolute atomic E-state index is 10.5. The third-order valence-corrected chi connectivity index (χ3v) is 2.85. The average Bonchev–Trinajstić information content (AvgIpc) is 1.94. The molecule has 3 N–H and O–H groups in total. The minimum atomic E-state index is -0.722. The van der Waals surface area contributed by atoms with Crippen LogP contribution in [0.2, 0.25) is 0 Å². The summed E-state index contributed by atoms with van der Waals surface area (Å²) >= 11 is 4.25. The lowest BCUT2D eigenvalue weighted by molar-refractivity contribution is -0.142. The molecule has 0 bridgehead atoms. The molecule has 3 unspecified atom stereocenters. The van der Waals surface area contributed by atoms with Crippen molar-refractivity contribution in [2.24, 2.45) is 11.7 Å². The van der Waals surface area contributed by atoms with Gasteiger partial charge in [-0.1, -0.05) is 0 Å². The highest BCUT2D eigenvalue weighted by Gasteiger charge is 2.29. The van der Waals surface area contributed by atoms with Crippen LogP contribution in [0, 0.1) is 5.92 Å². The van der Waals surface area contributed by atoms with E-state index < -0.39 is 5.97 Å². The lowest BCUT2D eigenvalue weighted by Gasteiger charge is -2.28. The number of halogens is 1. The number of nitrogens with two attached hydrogens (primary N) is 1. The van der Waals surface area contributed by atoms with Crippen molar-refractivity contribution in [1.82, 2.24) is 0 Å². The van der Waals surface area contributed by atoms with Crippen molar-refractivity contribution in [2.75, 3.05) is 0 Å². The Morgan fingerprint density at radius 3 is 2.50 bits per heavy atom. The van der Waals surface area contributed by atoms with Gasteiger partial charge in [0, 0.05) is 11.3 Å². The zero-order chi connectivity index (χ0) is 8.43. The summed E-state index contributed by atoms with van der Waals surface area (Å²) < 4.78 is 0. The van der Waals surface area contributed by atoms with Gasteiger partial charge in [0.15, 0.2) is 0 Å². The smallest absolute Gasteiger partial charge is 0.306 e. The van der Waals surface area contributed by atoms with Crippen molar-refractivity contribution in [3.63, 3.8) is 0 Å². The number of carboxylic acid groups (broad SMARTS) is 1. The van der Waals surface area contributed by atoms with Gasteiger partial charge >= 0.3 is 5.97 Å². The van der Waals surface area contributed by atoms with E-state index in [1.165, 1.54) is 0 Å². The van der Waals surface area contributed by atoms with Gasteiger partial charge in [-0.2, -0.15) is 12.6 Å². The number of carbonyl (C=O) groups is 1. The molecule has 0 radical (unpaired) electrons. The van der Waals surface area contributed by atoms with Crippen LogP contribution >= 0.6 is 25.0 Å². The van der Waals surface area contributed by atoms with Gasteiger partial charge in [-0.25, -0.2) is 0 Å². The zero-order valence-electron chi connectivity index (χ0n) is 6.64. The summed E-state index contributed by atoms with van der Waals surface area (Å²) in [6, 6.07) is -0.0480. The first-order valence-corrected chi connectivity index (χ1v) is 4.29. The Balaban J connectivity index is 0.00000121. The highest BCUT2D eigenvalue weighted by Crippen LogP contribution is 2.26. The fourth-order valence-electron chi connectivity index (χ4n) is 1.41. The van der Waals surface area contributed by atoms with E-state index in [1.807, 2.05) is 0 Å². The fourth-order valence-corrected chi connectivity index (χ4v) is 1.68. The van der Waals surface area contributed by atoms with Gasteiger partial charge in [-0.05, 0) is 19.3 Å². The topological polar surface area (TPSA) is 63.3 Å². The molecule has 0 aromatic rings. The Morgan fingerprint density at radius 2 is 2.08 bits per heavy atom. The number of thiol groups is 1. The van der Waals surface area contributed by atoms with E-state index in [0.29, 0.717) is 6.42 Å². The maximum Gasteiger partial charge on any atom is 0.306 e. The van der Waals surface area contributed by atoms with Gasteiger partial charge in [0.25, 0.3) is 0 Å². The predicted octanol–water partition coefficient (Wildman–Crippen LogP) is 0.919. The van der Waals surface area contributed by atoms with Crippen LogP contribution in [0.15, 0.2) is 0 Å². The van der Waals surface area contributed by atoms with E-state index in [2.05, 4.69) is 12.6 Å². The van der Waals surface area contributed by atoms with Crippen LogP contribution in [0.4, 0.5) is 0 Å². The summed E-state index contributed by atoms with van der Waals surface area (Å²) in [5, 5.41) is 8.85. The van der Waals surface area contributed by atoms with E-state index >= 15 is 0 Å². The molecule has 0 amide bonds. The molecule has 3 atom stereocenters. The van der Waals surface area contributed by atoms with Crippen molar-refractivity contribution in [3.05, 3.63) is 0 Å². The molecule has 1 aliphatic carbocycles. The molecule has 0 heterocycles. The molecule has 0 spiro atoms. The first-order chi connectivity index (χ1) is 5.11. The highest BCUT2D eigenvalue weighted by atomic mass is 35.5. The summed E-state index contributed by atoms with van der Waals surface area (Å²) in [5.41, 5.74) is 5.67. The summed E-state index contributed by atoms with van der Waals surface area (Å²) in [7, 11) is 0. The van der Waals surface area contributed by atoms with Crippen molar-refractivity contribution < 1.29 is 9.90 Å². The Kier molecular flexibility index (Phi) is 4.97. The minimum absolute atomic E-state index is 0. The van der Waals surface area contributed by atoms with Crippen LogP contribution in [0.5, 0.6) is 0 Å². The monoisotopic (exact) mass is 211 g/mol. The molecule has 0 aliphatic heterocycles. The number of aliphatic carboxylic acids is 1. The molecule has 1 aliphatic rings. The molecule has 1 fully saturated rings. The molecular formula is C7H14ClNO2S. The van der Waals surface area contributed by atoms with E-state index in [-0.39, 0.29) is 29.6 Å². The van der Waals surface area contributed by atoms with Crippen molar-refractivity contribution in [3.8, 4) is 0 Å². The minimum Gasteiger partial charge on any atom is -0.481 e. The SMILES string of the molecule is Cl.NC1CC(C(=O)O)CCC1S. The van der Waals surface area contributed by atoms with Crippen LogP contribution in [-0.4, -0.2) is 22.4 Å². The summed E-state index contributed by atoms with van der Waals surface area (Å²) in [4.78, 5) is 10.5. The number of hydrogen-bond donors (Lipinski definition) is 3. The molecule has 0 aromatic carbocycles. The highest BCUT2D eigenvalue weighted by molar-refractivity contribution is 7.81. The molecule has 72 valence electrons. The first kappa shape index (κ1) is 12.1. The van der Waals surface area contributed by atoms with Crippen LogP contribution in [0.25, 0.3) is 0 Å². The quantitative estimate of drug-likeness (QED) is 0.566. The van der Waals surface area contributed by atoms with Crippen molar-refractivity contribution in [1.29, 1.82) is 0 Å². The normalized spacial score (nSPS) is 35.3. The molecule has 1 rings (SSSR count).